The Morgan fingerprint density at radius 1 is 1.16 bits per heavy atom. The fraction of sp³-hybridized carbons (Fsp3) is 0.421. The number of esters is 1. The normalized spacial score (nSPS) is 27.6. The standard InChI is InChI=1S/C19H18O6/c1-3-5-11-15-16(19-12(24-11)8-13(20)25-19)17(21)9-6-4-7-10(23-2)14(9)18(15)22/h4,6-7,11-12,19H,3,5,8H2,1-2H3/t11-,12-,19+/m1/s1. The van der Waals surface area contributed by atoms with Gasteiger partial charge in [-0.05, 0) is 12.5 Å². The molecular formula is C19H18O6. The molecule has 1 saturated heterocycles. The average molecular weight is 342 g/mol. The maximum Gasteiger partial charge on any atom is 0.309 e. The lowest BCUT2D eigenvalue weighted by Gasteiger charge is -2.36. The smallest absolute Gasteiger partial charge is 0.309 e. The molecular weight excluding hydrogens is 324 g/mol. The molecule has 0 radical (unpaired) electrons. The highest BCUT2D eigenvalue weighted by atomic mass is 16.6. The second-order valence-electron chi connectivity index (χ2n) is 6.43. The summed E-state index contributed by atoms with van der Waals surface area (Å²) in [6.45, 7) is 1.98. The minimum atomic E-state index is -0.800. The Kier molecular flexibility index (Phi) is 3.72. The fourth-order valence-electron chi connectivity index (χ4n) is 3.91. The van der Waals surface area contributed by atoms with Crippen molar-refractivity contribution in [3.8, 4) is 5.75 Å². The molecule has 25 heavy (non-hydrogen) atoms. The van der Waals surface area contributed by atoms with E-state index < -0.39 is 24.3 Å². The third-order valence-corrected chi connectivity index (χ3v) is 4.96. The van der Waals surface area contributed by atoms with Crippen molar-refractivity contribution in [2.24, 2.45) is 0 Å². The molecule has 3 aliphatic rings. The first kappa shape index (κ1) is 16.0. The number of ether oxygens (including phenoxy) is 3. The molecule has 2 heterocycles. The molecule has 3 atom stereocenters. The molecule has 0 N–H and O–H groups in total. The van der Waals surface area contributed by atoms with Gasteiger partial charge in [-0.15, -0.1) is 0 Å². The van der Waals surface area contributed by atoms with Crippen molar-refractivity contribution >= 4 is 17.5 Å². The molecule has 130 valence electrons. The number of benzene rings is 1. The number of rotatable bonds is 3. The van der Waals surface area contributed by atoms with E-state index >= 15 is 0 Å². The van der Waals surface area contributed by atoms with Crippen LogP contribution in [-0.2, 0) is 14.3 Å². The number of hydrogen-bond acceptors (Lipinski definition) is 6. The van der Waals surface area contributed by atoms with Gasteiger partial charge in [0.05, 0.1) is 30.8 Å². The Balaban J connectivity index is 1.92. The highest BCUT2D eigenvalue weighted by Gasteiger charge is 2.52. The van der Waals surface area contributed by atoms with E-state index in [9.17, 15) is 14.4 Å². The van der Waals surface area contributed by atoms with Crippen LogP contribution in [0, 0.1) is 0 Å². The number of carbonyl (C=O) groups excluding carboxylic acids is 3. The Labute approximate surface area is 144 Å². The monoisotopic (exact) mass is 342 g/mol. The Hall–Kier alpha value is -2.47. The highest BCUT2D eigenvalue weighted by molar-refractivity contribution is 6.29. The minimum absolute atomic E-state index is 0.105. The van der Waals surface area contributed by atoms with Crippen molar-refractivity contribution in [2.45, 2.75) is 44.5 Å². The molecule has 1 aromatic rings. The quantitative estimate of drug-likeness (QED) is 0.784. The number of Topliss-reactive ketones (excluding diaryl/α,β-unsaturated/α-hetero) is 2. The number of carbonyl (C=O) groups is 3. The van der Waals surface area contributed by atoms with Gasteiger partial charge in [0.2, 0.25) is 0 Å². The molecule has 1 fully saturated rings. The minimum Gasteiger partial charge on any atom is -0.496 e. The molecule has 2 aliphatic heterocycles. The van der Waals surface area contributed by atoms with Crippen molar-refractivity contribution in [2.75, 3.05) is 7.11 Å². The van der Waals surface area contributed by atoms with E-state index in [0.717, 1.165) is 6.42 Å². The van der Waals surface area contributed by atoms with E-state index in [2.05, 4.69) is 0 Å². The summed E-state index contributed by atoms with van der Waals surface area (Å²) < 4.78 is 16.6. The average Bonchev–Trinajstić information content (AvgIpc) is 2.98. The van der Waals surface area contributed by atoms with Gasteiger partial charge in [0, 0.05) is 11.1 Å². The Morgan fingerprint density at radius 2 is 1.96 bits per heavy atom. The number of methoxy groups -OCH3 is 1. The van der Waals surface area contributed by atoms with Crippen LogP contribution in [0.15, 0.2) is 29.3 Å². The summed E-state index contributed by atoms with van der Waals surface area (Å²) in [6, 6.07) is 4.94. The van der Waals surface area contributed by atoms with Crippen LogP contribution in [0.2, 0.25) is 0 Å². The predicted octanol–water partition coefficient (Wildman–Crippen LogP) is 2.25. The van der Waals surface area contributed by atoms with E-state index in [-0.39, 0.29) is 29.1 Å². The van der Waals surface area contributed by atoms with Crippen LogP contribution >= 0.6 is 0 Å². The van der Waals surface area contributed by atoms with Gasteiger partial charge in [0.15, 0.2) is 17.7 Å². The zero-order valence-corrected chi connectivity index (χ0v) is 14.0. The molecule has 0 aromatic heterocycles. The summed E-state index contributed by atoms with van der Waals surface area (Å²) in [6.07, 6.45) is -0.328. The van der Waals surface area contributed by atoms with Crippen molar-refractivity contribution < 1.29 is 28.6 Å². The first-order valence-corrected chi connectivity index (χ1v) is 8.42. The summed E-state index contributed by atoms with van der Waals surface area (Å²) in [7, 11) is 1.47. The molecule has 1 aromatic carbocycles. The molecule has 0 saturated carbocycles. The largest absolute Gasteiger partial charge is 0.496 e. The van der Waals surface area contributed by atoms with Crippen LogP contribution in [0.3, 0.4) is 0 Å². The van der Waals surface area contributed by atoms with E-state index in [4.69, 9.17) is 14.2 Å². The maximum atomic E-state index is 13.2. The second kappa shape index (κ2) is 5.81. The Bertz CT molecular complexity index is 821. The lowest BCUT2D eigenvalue weighted by Crippen LogP contribution is -2.45. The predicted molar refractivity (Wildman–Crippen MR) is 86.7 cm³/mol. The molecule has 4 rings (SSSR count). The van der Waals surface area contributed by atoms with E-state index in [1.807, 2.05) is 6.92 Å². The summed E-state index contributed by atoms with van der Waals surface area (Å²) in [5, 5.41) is 0. The van der Waals surface area contributed by atoms with Crippen LogP contribution in [0.4, 0.5) is 0 Å². The van der Waals surface area contributed by atoms with Gasteiger partial charge in [-0.25, -0.2) is 0 Å². The topological polar surface area (TPSA) is 78.9 Å². The lowest BCUT2D eigenvalue weighted by atomic mass is 9.76. The molecule has 6 nitrogen and oxygen atoms in total. The number of ketones is 2. The highest BCUT2D eigenvalue weighted by Crippen LogP contribution is 2.43. The van der Waals surface area contributed by atoms with Gasteiger partial charge in [-0.2, -0.15) is 0 Å². The summed E-state index contributed by atoms with van der Waals surface area (Å²) >= 11 is 0. The molecule has 0 amide bonds. The summed E-state index contributed by atoms with van der Waals surface area (Å²) in [5.74, 6) is -0.599. The van der Waals surface area contributed by atoms with Gasteiger partial charge in [-0.1, -0.05) is 25.5 Å². The van der Waals surface area contributed by atoms with Crippen LogP contribution in [0.5, 0.6) is 5.75 Å². The van der Waals surface area contributed by atoms with Gasteiger partial charge in [-0.3, -0.25) is 14.4 Å². The van der Waals surface area contributed by atoms with Gasteiger partial charge >= 0.3 is 5.97 Å². The summed E-state index contributed by atoms with van der Waals surface area (Å²) in [5.41, 5.74) is 1.16. The van der Waals surface area contributed by atoms with E-state index in [1.165, 1.54) is 7.11 Å². The molecule has 6 heteroatoms. The molecule has 0 spiro atoms. The molecule has 1 aliphatic carbocycles. The molecule has 0 bridgehead atoms. The third kappa shape index (κ3) is 2.24. The van der Waals surface area contributed by atoms with Gasteiger partial charge in [0.25, 0.3) is 0 Å². The second-order valence-corrected chi connectivity index (χ2v) is 6.43. The van der Waals surface area contributed by atoms with Crippen LogP contribution in [0.25, 0.3) is 0 Å². The van der Waals surface area contributed by atoms with Crippen LogP contribution in [0.1, 0.15) is 46.9 Å². The van der Waals surface area contributed by atoms with Crippen molar-refractivity contribution in [3.05, 3.63) is 40.5 Å². The summed E-state index contributed by atoms with van der Waals surface area (Å²) in [4.78, 5) is 38.1. The number of hydrogen-bond donors (Lipinski definition) is 0. The first-order valence-electron chi connectivity index (χ1n) is 8.42. The van der Waals surface area contributed by atoms with Crippen LogP contribution in [-0.4, -0.2) is 43.0 Å². The SMILES string of the molecule is CCC[C@H]1O[C@@H]2CC(=O)O[C@@H]2C2=C1C(=O)c1c(OC)cccc1C2=O. The van der Waals surface area contributed by atoms with E-state index in [1.54, 1.807) is 18.2 Å². The molecule has 0 unspecified atom stereocenters. The zero-order valence-electron chi connectivity index (χ0n) is 14.0. The maximum absolute atomic E-state index is 13.2. The van der Waals surface area contributed by atoms with Crippen molar-refractivity contribution in [1.82, 2.24) is 0 Å². The van der Waals surface area contributed by atoms with Gasteiger partial charge in [0.1, 0.15) is 11.9 Å². The zero-order chi connectivity index (χ0) is 17.7. The third-order valence-electron chi connectivity index (χ3n) is 4.96. The Morgan fingerprint density at radius 3 is 2.68 bits per heavy atom. The van der Waals surface area contributed by atoms with Crippen molar-refractivity contribution in [3.63, 3.8) is 0 Å². The first-order chi connectivity index (χ1) is 12.1. The number of fused-ring (bicyclic) bond motifs is 3. The van der Waals surface area contributed by atoms with E-state index in [0.29, 0.717) is 23.3 Å². The van der Waals surface area contributed by atoms with Crippen molar-refractivity contribution in [1.29, 1.82) is 0 Å². The fourth-order valence-corrected chi connectivity index (χ4v) is 3.91. The van der Waals surface area contributed by atoms with Gasteiger partial charge < -0.3 is 14.2 Å². The lowest BCUT2D eigenvalue weighted by molar-refractivity contribution is -0.140. The van der Waals surface area contributed by atoms with Crippen LogP contribution < -0.4 is 4.74 Å².